The van der Waals surface area contributed by atoms with Crippen LogP contribution in [0.1, 0.15) is 45.2 Å². The van der Waals surface area contributed by atoms with Crippen LogP contribution in [0.25, 0.3) is 0 Å². The molecular weight excluding hydrogens is 226 g/mol. The molecule has 1 aromatic rings. The molecule has 1 aromatic heterocycles. The number of nitrogens with one attached hydrogen (secondary N) is 2. The summed E-state index contributed by atoms with van der Waals surface area (Å²) in [5.74, 6) is 0.0598. The van der Waals surface area contributed by atoms with Gasteiger partial charge in [-0.05, 0) is 37.5 Å². The van der Waals surface area contributed by atoms with E-state index in [0.717, 1.165) is 18.4 Å². The lowest BCUT2D eigenvalue weighted by molar-refractivity contribution is -0.121. The first kappa shape index (κ1) is 14.6. The molecule has 0 radical (unpaired) electrons. The van der Waals surface area contributed by atoms with E-state index < -0.39 is 0 Å². The zero-order valence-electron chi connectivity index (χ0n) is 11.4. The van der Waals surface area contributed by atoms with Gasteiger partial charge in [-0.15, -0.1) is 0 Å². The van der Waals surface area contributed by atoms with Crippen LogP contribution in [0.4, 0.5) is 0 Å². The van der Waals surface area contributed by atoms with Gasteiger partial charge in [-0.3, -0.25) is 9.78 Å². The van der Waals surface area contributed by atoms with Gasteiger partial charge in [0.05, 0.1) is 6.54 Å². The number of hydrogen-bond acceptors (Lipinski definition) is 3. The molecule has 0 aliphatic rings. The van der Waals surface area contributed by atoms with Gasteiger partial charge < -0.3 is 10.6 Å². The summed E-state index contributed by atoms with van der Waals surface area (Å²) in [4.78, 5) is 15.7. The number of rotatable bonds is 7. The van der Waals surface area contributed by atoms with Gasteiger partial charge in [0.25, 0.3) is 0 Å². The van der Waals surface area contributed by atoms with Crippen LogP contribution in [0.3, 0.4) is 0 Å². The fourth-order valence-electron chi connectivity index (χ4n) is 1.79. The van der Waals surface area contributed by atoms with Gasteiger partial charge in [0.15, 0.2) is 0 Å². The van der Waals surface area contributed by atoms with Gasteiger partial charge in [-0.2, -0.15) is 0 Å². The van der Waals surface area contributed by atoms with Crippen LogP contribution < -0.4 is 10.6 Å². The Balaban J connectivity index is 2.34. The molecule has 18 heavy (non-hydrogen) atoms. The smallest absolute Gasteiger partial charge is 0.234 e. The highest BCUT2D eigenvalue weighted by Gasteiger charge is 2.10. The minimum atomic E-state index is 0.0598. The van der Waals surface area contributed by atoms with Crippen LogP contribution in [-0.2, 0) is 4.79 Å². The molecule has 0 fully saturated rings. The fraction of sp³-hybridized carbons (Fsp3) is 0.571. The highest BCUT2D eigenvalue weighted by molar-refractivity contribution is 5.78. The molecule has 4 heteroatoms. The van der Waals surface area contributed by atoms with Crippen molar-refractivity contribution in [2.75, 3.05) is 6.54 Å². The Hall–Kier alpha value is -1.42. The number of nitrogens with zero attached hydrogens (tertiary/aromatic N) is 1. The van der Waals surface area contributed by atoms with E-state index >= 15 is 0 Å². The van der Waals surface area contributed by atoms with E-state index in [4.69, 9.17) is 0 Å². The number of carbonyl (C=O) groups excluding carboxylic acids is 1. The number of amides is 1. The summed E-state index contributed by atoms with van der Waals surface area (Å²) in [7, 11) is 0. The molecule has 0 spiro atoms. The van der Waals surface area contributed by atoms with E-state index in [1.54, 1.807) is 12.4 Å². The van der Waals surface area contributed by atoms with Crippen molar-refractivity contribution in [1.29, 1.82) is 0 Å². The number of carbonyl (C=O) groups is 1. The first-order valence-electron chi connectivity index (χ1n) is 6.60. The van der Waals surface area contributed by atoms with Gasteiger partial charge >= 0.3 is 0 Å². The largest absolute Gasteiger partial charge is 0.352 e. The molecule has 1 heterocycles. The van der Waals surface area contributed by atoms with Crippen LogP contribution >= 0.6 is 0 Å². The maximum Gasteiger partial charge on any atom is 0.234 e. The van der Waals surface area contributed by atoms with Crippen molar-refractivity contribution in [2.45, 2.75) is 45.7 Å². The zero-order valence-corrected chi connectivity index (χ0v) is 11.4. The molecule has 1 rings (SSSR count). The van der Waals surface area contributed by atoms with Crippen LogP contribution in [0.5, 0.6) is 0 Å². The average Bonchev–Trinajstić information content (AvgIpc) is 2.43. The maximum atomic E-state index is 11.7. The normalized spacial score (nSPS) is 12.4. The molecule has 1 amide bonds. The Kier molecular flexibility index (Phi) is 6.36. The Morgan fingerprint density at radius 2 is 1.89 bits per heavy atom. The average molecular weight is 249 g/mol. The monoisotopic (exact) mass is 249 g/mol. The molecule has 0 aliphatic carbocycles. The van der Waals surface area contributed by atoms with E-state index in [-0.39, 0.29) is 18.0 Å². The van der Waals surface area contributed by atoms with Gasteiger partial charge in [0, 0.05) is 24.5 Å². The lowest BCUT2D eigenvalue weighted by atomic mass is 10.1. The minimum absolute atomic E-state index is 0.0598. The van der Waals surface area contributed by atoms with Gasteiger partial charge in [-0.1, -0.05) is 13.8 Å². The van der Waals surface area contributed by atoms with Crippen LogP contribution in [-0.4, -0.2) is 23.5 Å². The van der Waals surface area contributed by atoms with Gasteiger partial charge in [-0.25, -0.2) is 0 Å². The number of hydrogen-bond donors (Lipinski definition) is 2. The van der Waals surface area contributed by atoms with Crippen molar-refractivity contribution in [3.05, 3.63) is 30.1 Å². The lowest BCUT2D eigenvalue weighted by Gasteiger charge is -2.17. The summed E-state index contributed by atoms with van der Waals surface area (Å²) in [5.41, 5.74) is 1.14. The second-order valence-corrected chi connectivity index (χ2v) is 4.46. The van der Waals surface area contributed by atoms with Crippen molar-refractivity contribution in [3.63, 3.8) is 0 Å². The second kappa shape index (κ2) is 7.82. The molecular formula is C14H23N3O. The summed E-state index contributed by atoms with van der Waals surface area (Å²) in [6.45, 7) is 6.56. The van der Waals surface area contributed by atoms with Crippen molar-refractivity contribution < 1.29 is 4.79 Å². The molecule has 0 aromatic carbocycles. The highest BCUT2D eigenvalue weighted by atomic mass is 16.1. The lowest BCUT2D eigenvalue weighted by Crippen LogP contribution is -2.40. The van der Waals surface area contributed by atoms with Gasteiger partial charge in [0.2, 0.25) is 5.91 Å². The van der Waals surface area contributed by atoms with E-state index in [0.29, 0.717) is 6.54 Å². The SMILES string of the molecule is CCC(CC)NC(=O)CN[C@@H](C)c1ccncc1. The van der Waals surface area contributed by atoms with E-state index in [1.807, 2.05) is 19.1 Å². The number of aromatic nitrogens is 1. The fourth-order valence-corrected chi connectivity index (χ4v) is 1.79. The van der Waals surface area contributed by atoms with Crippen molar-refractivity contribution in [2.24, 2.45) is 0 Å². The predicted octanol–water partition coefficient (Wildman–Crippen LogP) is 2.04. The summed E-state index contributed by atoms with van der Waals surface area (Å²) in [5, 5.41) is 6.22. The molecule has 1 atom stereocenters. The van der Waals surface area contributed by atoms with Crippen molar-refractivity contribution in [1.82, 2.24) is 15.6 Å². The van der Waals surface area contributed by atoms with E-state index in [9.17, 15) is 4.79 Å². The second-order valence-electron chi connectivity index (χ2n) is 4.46. The molecule has 0 unspecified atom stereocenters. The summed E-state index contributed by atoms with van der Waals surface area (Å²) in [6.07, 6.45) is 5.47. The minimum Gasteiger partial charge on any atom is -0.352 e. The van der Waals surface area contributed by atoms with Gasteiger partial charge in [0.1, 0.15) is 0 Å². The van der Waals surface area contributed by atoms with Crippen LogP contribution in [0, 0.1) is 0 Å². The Bertz CT molecular complexity index is 349. The third-order valence-electron chi connectivity index (χ3n) is 3.13. The summed E-state index contributed by atoms with van der Waals surface area (Å²) < 4.78 is 0. The Labute approximate surface area is 109 Å². The topological polar surface area (TPSA) is 54.0 Å². The van der Waals surface area contributed by atoms with Crippen LogP contribution in [0.2, 0.25) is 0 Å². The zero-order chi connectivity index (χ0) is 13.4. The van der Waals surface area contributed by atoms with Crippen LogP contribution in [0.15, 0.2) is 24.5 Å². The maximum absolute atomic E-state index is 11.7. The summed E-state index contributed by atoms with van der Waals surface area (Å²) >= 11 is 0. The number of pyridine rings is 1. The Morgan fingerprint density at radius 3 is 2.44 bits per heavy atom. The molecule has 0 bridgehead atoms. The standard InChI is InChI=1S/C14H23N3O/c1-4-13(5-2)17-14(18)10-16-11(3)12-6-8-15-9-7-12/h6-9,11,13,16H,4-5,10H2,1-3H3,(H,17,18)/t11-/m0/s1. The third-order valence-corrected chi connectivity index (χ3v) is 3.13. The van der Waals surface area contributed by atoms with Crippen molar-refractivity contribution in [3.8, 4) is 0 Å². The molecule has 100 valence electrons. The molecule has 0 aliphatic heterocycles. The van der Waals surface area contributed by atoms with E-state index in [2.05, 4.69) is 29.5 Å². The van der Waals surface area contributed by atoms with E-state index in [1.165, 1.54) is 0 Å². The predicted molar refractivity (Wildman–Crippen MR) is 73.2 cm³/mol. The first-order chi connectivity index (χ1) is 8.67. The summed E-state index contributed by atoms with van der Waals surface area (Å²) in [6, 6.07) is 4.35. The van der Waals surface area contributed by atoms with Crippen molar-refractivity contribution >= 4 is 5.91 Å². The first-order valence-corrected chi connectivity index (χ1v) is 6.60. The molecule has 4 nitrogen and oxygen atoms in total. The Morgan fingerprint density at radius 1 is 1.28 bits per heavy atom. The molecule has 2 N–H and O–H groups in total. The molecule has 0 saturated carbocycles. The highest BCUT2D eigenvalue weighted by Crippen LogP contribution is 2.09. The molecule has 0 saturated heterocycles. The quantitative estimate of drug-likeness (QED) is 0.777. The third kappa shape index (κ3) is 4.84.